The van der Waals surface area contributed by atoms with E-state index in [4.69, 9.17) is 23.6 Å². The third kappa shape index (κ3) is 11.3. The third-order valence-corrected chi connectivity index (χ3v) is 5.05. The summed E-state index contributed by atoms with van der Waals surface area (Å²) in [6, 6.07) is 0. The van der Waals surface area contributed by atoms with Gasteiger partial charge in [-0.15, -0.1) is 0 Å². The molecule has 158 valence electrons. The molecule has 0 aromatic heterocycles. The number of esters is 2. The van der Waals surface area contributed by atoms with Crippen LogP contribution >= 0.6 is 7.60 Å². The molecule has 27 heavy (non-hydrogen) atoms. The highest BCUT2D eigenvalue weighted by Gasteiger charge is 2.29. The Hall–Kier alpha value is -1.21. The number of ether oxygens (including phenoxy) is 2. The van der Waals surface area contributed by atoms with Crippen LogP contribution in [0.2, 0.25) is 0 Å². The lowest BCUT2D eigenvalue weighted by Gasteiger charge is -2.21. The van der Waals surface area contributed by atoms with Crippen molar-refractivity contribution in [2.45, 2.75) is 54.9 Å². The maximum absolute atomic E-state index is 12.8. The molecule has 0 aliphatic rings. The fourth-order valence-corrected chi connectivity index (χ4v) is 2.66. The second-order valence-corrected chi connectivity index (χ2v) is 10.4. The number of rotatable bonds is 10. The van der Waals surface area contributed by atoms with Crippen LogP contribution < -0.4 is 0 Å². The van der Waals surface area contributed by atoms with E-state index in [0.717, 1.165) is 0 Å². The Bertz CT molecular complexity index is 533. The molecule has 0 amide bonds. The van der Waals surface area contributed by atoms with Crippen molar-refractivity contribution >= 4 is 19.5 Å². The first-order chi connectivity index (χ1) is 12.2. The predicted octanol–water partition coefficient (Wildman–Crippen LogP) is 3.64. The van der Waals surface area contributed by atoms with Gasteiger partial charge >= 0.3 is 19.5 Å². The van der Waals surface area contributed by atoms with Crippen LogP contribution in [0.5, 0.6) is 0 Å². The van der Waals surface area contributed by atoms with Crippen molar-refractivity contribution in [2.75, 3.05) is 26.4 Å². The Morgan fingerprint density at radius 2 is 1.33 bits per heavy atom. The molecular weight excluding hydrogens is 375 g/mol. The van der Waals surface area contributed by atoms with Gasteiger partial charge in [0.05, 0.1) is 23.6 Å². The molecular formula is C18H33O8P. The van der Waals surface area contributed by atoms with Crippen LogP contribution in [-0.2, 0) is 32.7 Å². The van der Waals surface area contributed by atoms with E-state index in [1.807, 2.05) is 0 Å². The number of hydrogen-bond acceptors (Lipinski definition) is 8. The van der Waals surface area contributed by atoms with E-state index < -0.39 is 44.0 Å². The van der Waals surface area contributed by atoms with Gasteiger partial charge in [0.15, 0.2) is 0 Å². The molecule has 9 heteroatoms. The molecule has 0 aromatic rings. The summed E-state index contributed by atoms with van der Waals surface area (Å²) >= 11 is 0. The lowest BCUT2D eigenvalue weighted by molar-refractivity contribution is -0.162. The molecule has 8 nitrogen and oxygen atoms in total. The van der Waals surface area contributed by atoms with E-state index in [-0.39, 0.29) is 12.8 Å². The molecule has 0 aliphatic heterocycles. The minimum Gasteiger partial charge on any atom is -0.438 e. The van der Waals surface area contributed by atoms with E-state index in [2.05, 4.69) is 0 Å². The van der Waals surface area contributed by atoms with Crippen molar-refractivity contribution in [3.05, 3.63) is 11.6 Å². The van der Waals surface area contributed by atoms with E-state index in [1.165, 1.54) is 0 Å². The number of hydrogen-bond donors (Lipinski definition) is 1. The number of carbonyl (C=O) groups excluding carboxylic acids is 2. The topological polar surface area (TPSA) is 108 Å². The molecule has 0 spiro atoms. The van der Waals surface area contributed by atoms with Crippen LogP contribution in [-0.4, -0.2) is 43.4 Å². The predicted molar refractivity (Wildman–Crippen MR) is 101 cm³/mol. The summed E-state index contributed by atoms with van der Waals surface area (Å²) in [7, 11) is -3.68. The second kappa shape index (κ2) is 11.0. The quantitative estimate of drug-likeness (QED) is 0.253. The van der Waals surface area contributed by atoms with Gasteiger partial charge in [-0.05, 0) is 54.9 Å². The summed E-state index contributed by atoms with van der Waals surface area (Å²) in [6.07, 6.45) is 1.98. The van der Waals surface area contributed by atoms with Crippen LogP contribution in [0, 0.1) is 10.8 Å². The van der Waals surface area contributed by atoms with Crippen LogP contribution in [0.1, 0.15) is 54.9 Å². The maximum atomic E-state index is 12.8. The van der Waals surface area contributed by atoms with Gasteiger partial charge in [-0.25, -0.2) is 0 Å². The Kier molecular flexibility index (Phi) is 10.5. The average molecular weight is 408 g/mol. The van der Waals surface area contributed by atoms with Crippen molar-refractivity contribution in [1.82, 2.24) is 0 Å². The summed E-state index contributed by atoms with van der Waals surface area (Å²) < 4.78 is 33.1. The number of allylic oxidation sites excluding steroid dienone is 1. The first-order valence-electron chi connectivity index (χ1n) is 8.70. The monoisotopic (exact) mass is 408 g/mol. The standard InChI is InChI=1S/C18H33O8P/c1-14(11-19)9-8-10-27(22,25-12-23-15(20)17(2,3)4)26-13-24-16(21)18(5,6)7/h9,19H,8,10-13H2,1-7H3. The summed E-state index contributed by atoms with van der Waals surface area (Å²) in [4.78, 5) is 23.5. The molecule has 0 aromatic carbocycles. The highest BCUT2D eigenvalue weighted by molar-refractivity contribution is 7.53. The van der Waals surface area contributed by atoms with Crippen LogP contribution in [0.25, 0.3) is 0 Å². The van der Waals surface area contributed by atoms with E-state index in [0.29, 0.717) is 12.0 Å². The van der Waals surface area contributed by atoms with E-state index >= 15 is 0 Å². The zero-order valence-electron chi connectivity index (χ0n) is 17.4. The Morgan fingerprint density at radius 3 is 1.67 bits per heavy atom. The highest BCUT2D eigenvalue weighted by Crippen LogP contribution is 2.49. The largest absolute Gasteiger partial charge is 0.438 e. The lowest BCUT2D eigenvalue weighted by Crippen LogP contribution is -2.25. The Balaban J connectivity index is 4.81. The maximum Gasteiger partial charge on any atom is 0.336 e. The number of aliphatic hydroxyl groups is 1. The summed E-state index contributed by atoms with van der Waals surface area (Å²) in [6.45, 7) is 10.6. The fraction of sp³-hybridized carbons (Fsp3) is 0.778. The molecule has 0 bridgehead atoms. The molecule has 0 aliphatic carbocycles. The molecule has 0 rings (SSSR count). The molecule has 1 N–H and O–H groups in total. The highest BCUT2D eigenvalue weighted by atomic mass is 31.2. The van der Waals surface area contributed by atoms with Crippen molar-refractivity contribution in [3.63, 3.8) is 0 Å². The minimum absolute atomic E-state index is 0.0233. The van der Waals surface area contributed by atoms with Crippen LogP contribution in [0.15, 0.2) is 11.6 Å². The van der Waals surface area contributed by atoms with Crippen molar-refractivity contribution in [2.24, 2.45) is 10.8 Å². The number of aliphatic hydroxyl groups excluding tert-OH is 1. The minimum atomic E-state index is -3.68. The van der Waals surface area contributed by atoms with Gasteiger partial charge in [0.1, 0.15) is 0 Å². The lowest BCUT2D eigenvalue weighted by atomic mass is 9.98. The smallest absolute Gasteiger partial charge is 0.336 e. The second-order valence-electron chi connectivity index (χ2n) is 8.19. The van der Waals surface area contributed by atoms with Gasteiger partial charge < -0.3 is 14.6 Å². The third-order valence-electron chi connectivity index (χ3n) is 3.25. The summed E-state index contributed by atoms with van der Waals surface area (Å²) in [5, 5.41) is 9.01. The average Bonchev–Trinajstić information content (AvgIpc) is 2.52. The first-order valence-corrected chi connectivity index (χ1v) is 10.4. The van der Waals surface area contributed by atoms with Gasteiger partial charge in [-0.3, -0.25) is 23.2 Å². The SMILES string of the molecule is CC(=CCCP(=O)(OCOC(=O)C(C)(C)C)OCOC(=O)C(C)(C)C)CO. The Morgan fingerprint density at radius 1 is 0.926 bits per heavy atom. The molecule has 0 unspecified atom stereocenters. The fourth-order valence-electron chi connectivity index (χ4n) is 1.45. The van der Waals surface area contributed by atoms with Gasteiger partial charge in [-0.1, -0.05) is 11.6 Å². The Labute approximate surface area is 161 Å². The van der Waals surface area contributed by atoms with Crippen molar-refractivity contribution in [3.8, 4) is 0 Å². The molecule has 0 saturated carbocycles. The van der Waals surface area contributed by atoms with E-state index in [1.54, 1.807) is 54.5 Å². The van der Waals surface area contributed by atoms with Gasteiger partial charge in [0.2, 0.25) is 13.6 Å². The van der Waals surface area contributed by atoms with Crippen LogP contribution in [0.3, 0.4) is 0 Å². The van der Waals surface area contributed by atoms with Crippen molar-refractivity contribution in [1.29, 1.82) is 0 Å². The van der Waals surface area contributed by atoms with Crippen molar-refractivity contribution < 1.29 is 37.8 Å². The molecule has 0 atom stereocenters. The molecule has 0 radical (unpaired) electrons. The van der Waals surface area contributed by atoms with Gasteiger partial charge in [0.25, 0.3) is 0 Å². The van der Waals surface area contributed by atoms with Gasteiger partial charge in [0, 0.05) is 0 Å². The normalized spacial score (nSPS) is 13.4. The first kappa shape index (κ1) is 25.8. The summed E-state index contributed by atoms with van der Waals surface area (Å²) in [5.41, 5.74) is -0.741. The molecule has 0 fully saturated rings. The summed E-state index contributed by atoms with van der Waals surface area (Å²) in [5.74, 6) is -1.02. The number of carbonyl (C=O) groups is 2. The van der Waals surface area contributed by atoms with Crippen LogP contribution in [0.4, 0.5) is 0 Å². The van der Waals surface area contributed by atoms with E-state index in [9.17, 15) is 14.2 Å². The molecule has 0 saturated heterocycles. The van der Waals surface area contributed by atoms with Gasteiger partial charge in [-0.2, -0.15) is 0 Å². The zero-order chi connectivity index (χ0) is 21.3. The molecule has 0 heterocycles. The zero-order valence-corrected chi connectivity index (χ0v) is 18.3.